The molecular formula is C15H27NO2S. The number of nitrogens with two attached hydrogens (primary N) is 1. The molecule has 0 aromatic heterocycles. The Hall–Kier alpha value is -0.220. The lowest BCUT2D eigenvalue weighted by Gasteiger charge is -2.34. The van der Waals surface area contributed by atoms with Gasteiger partial charge in [0.25, 0.3) is 0 Å². The molecule has 0 spiro atoms. The Morgan fingerprint density at radius 2 is 2.16 bits per heavy atom. The van der Waals surface area contributed by atoms with Crippen LogP contribution in [0.25, 0.3) is 0 Å². The summed E-state index contributed by atoms with van der Waals surface area (Å²) in [5.74, 6) is 1.88. The van der Waals surface area contributed by atoms with Crippen molar-refractivity contribution in [1.29, 1.82) is 0 Å². The van der Waals surface area contributed by atoms with Crippen LogP contribution in [-0.4, -0.2) is 30.1 Å². The summed E-state index contributed by atoms with van der Waals surface area (Å²) in [7, 11) is 1.48. The van der Waals surface area contributed by atoms with Gasteiger partial charge in [-0.3, -0.25) is 4.79 Å². The second-order valence-corrected chi connectivity index (χ2v) is 7.58. The van der Waals surface area contributed by atoms with Crippen LogP contribution in [0.2, 0.25) is 0 Å². The van der Waals surface area contributed by atoms with Gasteiger partial charge in [-0.1, -0.05) is 13.3 Å². The zero-order valence-corrected chi connectivity index (χ0v) is 13.0. The van der Waals surface area contributed by atoms with E-state index in [1.54, 1.807) is 0 Å². The maximum absolute atomic E-state index is 11.4. The van der Waals surface area contributed by atoms with E-state index in [0.717, 1.165) is 11.7 Å². The summed E-state index contributed by atoms with van der Waals surface area (Å²) in [4.78, 5) is 11.4. The zero-order chi connectivity index (χ0) is 13.9. The van der Waals surface area contributed by atoms with Crippen molar-refractivity contribution in [2.24, 2.45) is 17.1 Å². The summed E-state index contributed by atoms with van der Waals surface area (Å²) in [6.07, 6.45) is 7.94. The molecule has 4 heteroatoms. The van der Waals surface area contributed by atoms with Crippen LogP contribution < -0.4 is 5.73 Å². The van der Waals surface area contributed by atoms with Crippen LogP contribution >= 0.6 is 11.8 Å². The number of ether oxygens (including phenoxy) is 1. The van der Waals surface area contributed by atoms with Gasteiger partial charge in [0, 0.05) is 11.3 Å². The molecule has 0 aromatic carbocycles. The van der Waals surface area contributed by atoms with Crippen molar-refractivity contribution in [1.82, 2.24) is 0 Å². The molecule has 3 atom stereocenters. The Morgan fingerprint density at radius 3 is 2.74 bits per heavy atom. The number of hydrogen-bond acceptors (Lipinski definition) is 4. The first-order valence-electron chi connectivity index (χ1n) is 7.52. The molecule has 0 radical (unpaired) electrons. The number of rotatable bonds is 6. The fraction of sp³-hybridized carbons (Fsp3) is 0.933. The highest BCUT2D eigenvalue weighted by atomic mass is 32.2. The van der Waals surface area contributed by atoms with Gasteiger partial charge in [-0.15, -0.1) is 0 Å². The molecule has 0 aliphatic heterocycles. The van der Waals surface area contributed by atoms with E-state index in [1.165, 1.54) is 45.6 Å². The highest BCUT2D eigenvalue weighted by Crippen LogP contribution is 2.52. The smallest absolute Gasteiger partial charge is 0.306 e. The number of methoxy groups -OCH3 is 1. The molecule has 2 saturated carbocycles. The zero-order valence-electron chi connectivity index (χ0n) is 12.2. The molecule has 19 heavy (non-hydrogen) atoms. The number of hydrogen-bond donors (Lipinski definition) is 1. The lowest BCUT2D eigenvalue weighted by atomic mass is 9.84. The van der Waals surface area contributed by atoms with E-state index in [0.29, 0.717) is 17.7 Å². The summed E-state index contributed by atoms with van der Waals surface area (Å²) < 4.78 is 4.80. The number of carbonyl (C=O) groups is 1. The molecule has 2 aliphatic carbocycles. The fourth-order valence-corrected chi connectivity index (χ4v) is 4.76. The van der Waals surface area contributed by atoms with Crippen molar-refractivity contribution in [3.63, 3.8) is 0 Å². The van der Waals surface area contributed by atoms with E-state index in [9.17, 15) is 4.79 Å². The lowest BCUT2D eigenvalue weighted by Crippen LogP contribution is -2.38. The van der Waals surface area contributed by atoms with Gasteiger partial charge in [-0.05, 0) is 49.2 Å². The van der Waals surface area contributed by atoms with E-state index in [-0.39, 0.29) is 11.4 Å². The third-order valence-electron chi connectivity index (χ3n) is 4.84. The van der Waals surface area contributed by atoms with Gasteiger partial charge in [0.2, 0.25) is 0 Å². The molecule has 0 amide bonds. The highest BCUT2D eigenvalue weighted by molar-refractivity contribution is 8.00. The molecule has 3 unspecified atom stereocenters. The Morgan fingerprint density at radius 1 is 1.42 bits per heavy atom. The number of carbonyl (C=O) groups excluding carboxylic acids is 1. The molecule has 0 aromatic rings. The Balaban J connectivity index is 1.79. The fourth-order valence-electron chi connectivity index (χ4n) is 3.01. The normalized spacial score (nSPS) is 32.9. The molecular weight excluding hydrogens is 258 g/mol. The second kappa shape index (κ2) is 6.49. The minimum atomic E-state index is -0.0579. The van der Waals surface area contributed by atoms with Gasteiger partial charge in [-0.25, -0.2) is 0 Å². The average molecular weight is 285 g/mol. The van der Waals surface area contributed by atoms with Crippen molar-refractivity contribution < 1.29 is 9.53 Å². The van der Waals surface area contributed by atoms with E-state index in [2.05, 4.69) is 6.92 Å². The maximum Gasteiger partial charge on any atom is 0.306 e. The maximum atomic E-state index is 11.4. The molecule has 0 heterocycles. The highest BCUT2D eigenvalue weighted by Gasteiger charge is 2.45. The minimum absolute atomic E-state index is 0.0579. The number of thioether (sulfide) groups is 1. The van der Waals surface area contributed by atoms with Crippen LogP contribution in [0.15, 0.2) is 0 Å². The standard InChI is InChI=1S/C15H27NO2S/c1-3-11-4-5-12(16)13(8-11)19-10-15(6-7-15)9-14(17)18-2/h11-13H,3-10,16H2,1-2H3. The van der Waals surface area contributed by atoms with Gasteiger partial charge in [-0.2, -0.15) is 11.8 Å². The van der Waals surface area contributed by atoms with Gasteiger partial charge in [0.1, 0.15) is 0 Å². The van der Waals surface area contributed by atoms with Crippen LogP contribution in [0, 0.1) is 11.3 Å². The first-order valence-corrected chi connectivity index (χ1v) is 8.57. The topological polar surface area (TPSA) is 52.3 Å². The Kier molecular flexibility index (Phi) is 5.18. The van der Waals surface area contributed by atoms with Gasteiger partial charge >= 0.3 is 5.97 Å². The van der Waals surface area contributed by atoms with Crippen molar-refractivity contribution in [2.75, 3.05) is 12.9 Å². The molecule has 110 valence electrons. The van der Waals surface area contributed by atoms with Crippen molar-refractivity contribution in [3.8, 4) is 0 Å². The van der Waals surface area contributed by atoms with E-state index in [4.69, 9.17) is 10.5 Å². The SMILES string of the molecule is CCC1CCC(N)C(SCC2(CC(=O)OC)CC2)C1. The van der Waals surface area contributed by atoms with Crippen LogP contribution in [0.5, 0.6) is 0 Å². The van der Waals surface area contributed by atoms with E-state index < -0.39 is 0 Å². The molecule has 2 fully saturated rings. The quantitative estimate of drug-likeness (QED) is 0.762. The molecule has 0 saturated heterocycles. The largest absolute Gasteiger partial charge is 0.469 e. The first-order chi connectivity index (χ1) is 9.08. The Bertz CT molecular complexity index is 317. The van der Waals surface area contributed by atoms with Crippen molar-refractivity contribution in [2.45, 2.75) is 63.2 Å². The minimum Gasteiger partial charge on any atom is -0.469 e. The van der Waals surface area contributed by atoms with Gasteiger partial charge in [0.05, 0.1) is 13.5 Å². The third-order valence-corrected chi connectivity index (χ3v) is 6.59. The average Bonchev–Trinajstić information content (AvgIpc) is 3.18. The predicted octanol–water partition coefficient (Wildman–Crippen LogP) is 2.97. The summed E-state index contributed by atoms with van der Waals surface area (Å²) >= 11 is 2.01. The summed E-state index contributed by atoms with van der Waals surface area (Å²) in [6.45, 7) is 2.28. The van der Waals surface area contributed by atoms with Crippen molar-refractivity contribution in [3.05, 3.63) is 0 Å². The van der Waals surface area contributed by atoms with E-state index >= 15 is 0 Å². The van der Waals surface area contributed by atoms with Crippen molar-refractivity contribution >= 4 is 17.7 Å². The lowest BCUT2D eigenvalue weighted by molar-refractivity contribution is -0.141. The van der Waals surface area contributed by atoms with Gasteiger partial charge in [0.15, 0.2) is 0 Å². The first kappa shape index (κ1) is 15.2. The Labute approximate surface area is 121 Å². The summed E-state index contributed by atoms with van der Waals surface area (Å²) in [6, 6.07) is 0.349. The van der Waals surface area contributed by atoms with Crippen LogP contribution in [-0.2, 0) is 9.53 Å². The predicted molar refractivity (Wildman–Crippen MR) is 80.2 cm³/mol. The third kappa shape index (κ3) is 4.12. The molecule has 2 rings (SSSR count). The summed E-state index contributed by atoms with van der Waals surface area (Å²) in [5.41, 5.74) is 6.49. The second-order valence-electron chi connectivity index (χ2n) is 6.35. The van der Waals surface area contributed by atoms with E-state index in [1.807, 2.05) is 11.8 Å². The molecule has 2 aliphatic rings. The monoisotopic (exact) mass is 285 g/mol. The van der Waals surface area contributed by atoms with Gasteiger partial charge < -0.3 is 10.5 Å². The van der Waals surface area contributed by atoms with Crippen LogP contribution in [0.1, 0.15) is 51.9 Å². The molecule has 2 N–H and O–H groups in total. The summed E-state index contributed by atoms with van der Waals surface area (Å²) in [5, 5.41) is 0.592. The van der Waals surface area contributed by atoms with Crippen LogP contribution in [0.3, 0.4) is 0 Å². The number of esters is 1. The molecule has 3 nitrogen and oxygen atoms in total. The van der Waals surface area contributed by atoms with Crippen LogP contribution in [0.4, 0.5) is 0 Å². The molecule has 0 bridgehead atoms.